The number of esters is 1. The van der Waals surface area contributed by atoms with Gasteiger partial charge in [-0.25, -0.2) is 9.18 Å². The number of hydrogen-bond acceptors (Lipinski definition) is 5. The fraction of sp³-hybridized carbons (Fsp3) is 0.167. The second kappa shape index (κ2) is 8.45. The van der Waals surface area contributed by atoms with Crippen molar-refractivity contribution >= 4 is 17.6 Å². The Labute approximate surface area is 143 Å². The summed E-state index contributed by atoms with van der Waals surface area (Å²) in [6.07, 6.45) is -0.968. The van der Waals surface area contributed by atoms with E-state index in [1.807, 2.05) is 6.07 Å². The summed E-state index contributed by atoms with van der Waals surface area (Å²) >= 11 is 0. The minimum atomic E-state index is -0.968. The topological polar surface area (TPSA) is 88.4 Å². The molecule has 0 fully saturated rings. The standard InChI is InChI=1S/C18H15FN2O4/c1-12(25-15-8-6-14(19)7-9-15)18(23)24-11-17(22)21-16-5-3-2-4-13(16)10-20/h2-9,12H,11H2,1H3,(H,21,22)/t12-/m1/s1. The lowest BCUT2D eigenvalue weighted by molar-refractivity contribution is -0.153. The molecule has 128 valence electrons. The molecule has 2 aromatic rings. The Bertz CT molecular complexity index is 799. The molecule has 0 radical (unpaired) electrons. The molecular formula is C18H15FN2O4. The number of nitrogens with one attached hydrogen (secondary N) is 1. The predicted octanol–water partition coefficient (Wildman–Crippen LogP) is 2.65. The molecule has 2 aromatic carbocycles. The van der Waals surface area contributed by atoms with Crippen LogP contribution in [0.15, 0.2) is 48.5 Å². The Balaban J connectivity index is 1.83. The number of nitrogens with zero attached hydrogens (tertiary/aromatic N) is 1. The lowest BCUT2D eigenvalue weighted by atomic mass is 10.2. The van der Waals surface area contributed by atoms with Crippen molar-refractivity contribution in [2.45, 2.75) is 13.0 Å². The summed E-state index contributed by atoms with van der Waals surface area (Å²) in [6, 6.07) is 13.6. The largest absolute Gasteiger partial charge is 0.479 e. The third-order valence-electron chi connectivity index (χ3n) is 3.13. The average Bonchev–Trinajstić information content (AvgIpc) is 2.62. The molecular weight excluding hydrogens is 327 g/mol. The molecule has 0 saturated carbocycles. The van der Waals surface area contributed by atoms with Crippen molar-refractivity contribution in [3.63, 3.8) is 0 Å². The minimum Gasteiger partial charge on any atom is -0.479 e. The van der Waals surface area contributed by atoms with Crippen molar-refractivity contribution in [1.29, 1.82) is 5.26 Å². The van der Waals surface area contributed by atoms with Gasteiger partial charge in [0.1, 0.15) is 17.6 Å². The molecule has 0 aliphatic rings. The van der Waals surface area contributed by atoms with Crippen LogP contribution in [0, 0.1) is 17.1 Å². The van der Waals surface area contributed by atoms with Gasteiger partial charge in [-0.15, -0.1) is 0 Å². The van der Waals surface area contributed by atoms with E-state index in [-0.39, 0.29) is 0 Å². The molecule has 0 aliphatic carbocycles. The highest BCUT2D eigenvalue weighted by Gasteiger charge is 2.18. The van der Waals surface area contributed by atoms with Crippen LogP contribution in [0.1, 0.15) is 12.5 Å². The first-order valence-corrected chi connectivity index (χ1v) is 7.37. The highest BCUT2D eigenvalue weighted by molar-refractivity contribution is 5.94. The summed E-state index contributed by atoms with van der Waals surface area (Å²) in [5, 5.41) is 11.4. The zero-order valence-electron chi connectivity index (χ0n) is 13.4. The van der Waals surface area contributed by atoms with Gasteiger partial charge in [-0.1, -0.05) is 12.1 Å². The number of hydrogen-bond donors (Lipinski definition) is 1. The average molecular weight is 342 g/mol. The van der Waals surface area contributed by atoms with Crippen molar-refractivity contribution in [2.75, 3.05) is 11.9 Å². The van der Waals surface area contributed by atoms with E-state index in [0.29, 0.717) is 17.0 Å². The van der Waals surface area contributed by atoms with Gasteiger partial charge in [0.15, 0.2) is 12.7 Å². The van der Waals surface area contributed by atoms with Gasteiger partial charge in [-0.05, 0) is 43.3 Å². The lowest BCUT2D eigenvalue weighted by Crippen LogP contribution is -2.29. The molecule has 1 atom stereocenters. The molecule has 25 heavy (non-hydrogen) atoms. The number of carbonyl (C=O) groups is 2. The number of nitriles is 1. The number of para-hydroxylation sites is 1. The van der Waals surface area contributed by atoms with Crippen LogP contribution in [-0.4, -0.2) is 24.6 Å². The van der Waals surface area contributed by atoms with Crippen molar-refractivity contribution in [3.8, 4) is 11.8 Å². The van der Waals surface area contributed by atoms with E-state index in [2.05, 4.69) is 5.32 Å². The zero-order chi connectivity index (χ0) is 18.2. The first kappa shape index (κ1) is 17.9. The first-order chi connectivity index (χ1) is 12.0. The fourth-order valence-corrected chi connectivity index (χ4v) is 1.90. The van der Waals surface area contributed by atoms with Crippen molar-refractivity contribution in [1.82, 2.24) is 0 Å². The molecule has 2 rings (SSSR count). The molecule has 1 amide bonds. The first-order valence-electron chi connectivity index (χ1n) is 7.37. The Morgan fingerprint density at radius 3 is 2.56 bits per heavy atom. The maximum atomic E-state index is 12.8. The van der Waals surface area contributed by atoms with E-state index in [9.17, 15) is 14.0 Å². The predicted molar refractivity (Wildman–Crippen MR) is 87.2 cm³/mol. The van der Waals surface area contributed by atoms with Crippen molar-refractivity contribution in [3.05, 3.63) is 59.9 Å². The van der Waals surface area contributed by atoms with Crippen molar-refractivity contribution in [2.24, 2.45) is 0 Å². The lowest BCUT2D eigenvalue weighted by Gasteiger charge is -2.14. The maximum Gasteiger partial charge on any atom is 0.347 e. The molecule has 0 spiro atoms. The molecule has 0 saturated heterocycles. The van der Waals surface area contributed by atoms with Gasteiger partial charge in [-0.3, -0.25) is 4.79 Å². The number of benzene rings is 2. The van der Waals surface area contributed by atoms with Gasteiger partial charge in [0.25, 0.3) is 5.91 Å². The number of carbonyl (C=O) groups excluding carboxylic acids is 2. The maximum absolute atomic E-state index is 12.8. The Hall–Kier alpha value is -3.40. The van der Waals surface area contributed by atoms with Crippen LogP contribution < -0.4 is 10.1 Å². The quantitative estimate of drug-likeness (QED) is 0.815. The Morgan fingerprint density at radius 2 is 1.88 bits per heavy atom. The van der Waals surface area contributed by atoms with E-state index in [4.69, 9.17) is 14.7 Å². The molecule has 1 N–H and O–H groups in total. The highest BCUT2D eigenvalue weighted by Crippen LogP contribution is 2.14. The third kappa shape index (κ3) is 5.32. The van der Waals surface area contributed by atoms with Gasteiger partial charge < -0.3 is 14.8 Å². The summed E-state index contributed by atoms with van der Waals surface area (Å²) in [5.41, 5.74) is 0.636. The van der Waals surface area contributed by atoms with E-state index in [1.54, 1.807) is 24.3 Å². The van der Waals surface area contributed by atoms with Crippen LogP contribution in [0.5, 0.6) is 5.75 Å². The summed E-state index contributed by atoms with van der Waals surface area (Å²) < 4.78 is 23.0. The van der Waals surface area contributed by atoms with Crippen LogP contribution in [-0.2, 0) is 14.3 Å². The number of amides is 1. The second-order valence-electron chi connectivity index (χ2n) is 5.03. The van der Waals surface area contributed by atoms with Crippen LogP contribution >= 0.6 is 0 Å². The van der Waals surface area contributed by atoms with Crippen LogP contribution in [0.4, 0.5) is 10.1 Å². The van der Waals surface area contributed by atoms with E-state index < -0.39 is 30.4 Å². The Kier molecular flexibility index (Phi) is 6.07. The SMILES string of the molecule is C[C@@H](Oc1ccc(F)cc1)C(=O)OCC(=O)Nc1ccccc1C#N. The van der Waals surface area contributed by atoms with E-state index in [1.165, 1.54) is 31.2 Å². The molecule has 7 heteroatoms. The minimum absolute atomic E-state index is 0.301. The molecule has 6 nitrogen and oxygen atoms in total. The normalized spacial score (nSPS) is 11.1. The van der Waals surface area contributed by atoms with Crippen LogP contribution in [0.25, 0.3) is 0 Å². The Morgan fingerprint density at radius 1 is 1.20 bits per heavy atom. The van der Waals surface area contributed by atoms with Gasteiger partial charge in [0, 0.05) is 0 Å². The monoisotopic (exact) mass is 342 g/mol. The summed E-state index contributed by atoms with van der Waals surface area (Å²) in [6.45, 7) is 0.935. The highest BCUT2D eigenvalue weighted by atomic mass is 19.1. The smallest absolute Gasteiger partial charge is 0.347 e. The zero-order valence-corrected chi connectivity index (χ0v) is 13.4. The fourth-order valence-electron chi connectivity index (χ4n) is 1.90. The van der Waals surface area contributed by atoms with Gasteiger partial charge in [0.2, 0.25) is 0 Å². The molecule has 0 aliphatic heterocycles. The molecule has 0 aromatic heterocycles. The molecule has 0 bridgehead atoms. The van der Waals surface area contributed by atoms with Crippen molar-refractivity contribution < 1.29 is 23.5 Å². The summed E-state index contributed by atoms with van der Waals surface area (Å²) in [5.74, 6) is -1.44. The van der Waals surface area contributed by atoms with Gasteiger partial charge in [0.05, 0.1) is 11.3 Å². The summed E-state index contributed by atoms with van der Waals surface area (Å²) in [4.78, 5) is 23.7. The molecule has 0 unspecified atom stereocenters. The van der Waals surface area contributed by atoms with Gasteiger partial charge in [-0.2, -0.15) is 5.26 Å². The van der Waals surface area contributed by atoms with Crippen LogP contribution in [0.3, 0.4) is 0 Å². The van der Waals surface area contributed by atoms with E-state index in [0.717, 1.165) is 0 Å². The number of ether oxygens (including phenoxy) is 2. The van der Waals surface area contributed by atoms with Crippen LogP contribution in [0.2, 0.25) is 0 Å². The number of anilines is 1. The number of halogens is 1. The summed E-state index contributed by atoms with van der Waals surface area (Å²) in [7, 11) is 0. The van der Waals surface area contributed by atoms with Gasteiger partial charge >= 0.3 is 5.97 Å². The second-order valence-corrected chi connectivity index (χ2v) is 5.03. The third-order valence-corrected chi connectivity index (χ3v) is 3.13. The van der Waals surface area contributed by atoms with E-state index >= 15 is 0 Å². The number of rotatable bonds is 6. The molecule has 0 heterocycles.